The normalized spacial score (nSPS) is 10.7. The fourth-order valence-corrected chi connectivity index (χ4v) is 1.70. The highest BCUT2D eigenvalue weighted by atomic mass is 32.1. The van der Waals surface area contributed by atoms with E-state index >= 15 is 0 Å². The largest absolute Gasteiger partial charge is 0.382 e. The van der Waals surface area contributed by atoms with Crippen LogP contribution in [-0.2, 0) is 0 Å². The topological polar surface area (TPSA) is 127 Å². The van der Waals surface area contributed by atoms with Crippen LogP contribution in [0.1, 0.15) is 0 Å². The van der Waals surface area contributed by atoms with Crippen molar-refractivity contribution in [1.29, 1.82) is 10.7 Å². The van der Waals surface area contributed by atoms with Gasteiger partial charge in [-0.05, 0) is 36.0 Å². The van der Waals surface area contributed by atoms with E-state index in [0.29, 0.717) is 10.5 Å². The van der Waals surface area contributed by atoms with E-state index in [9.17, 15) is 0 Å². The lowest BCUT2D eigenvalue weighted by Crippen LogP contribution is -2.21. The summed E-state index contributed by atoms with van der Waals surface area (Å²) in [4.78, 5) is 6.91. The Hall–Kier alpha value is -3.05. The van der Waals surface area contributed by atoms with Crippen molar-refractivity contribution in [3.05, 3.63) is 41.3 Å². The molecule has 21 heavy (non-hydrogen) atoms. The van der Waals surface area contributed by atoms with Crippen LogP contribution in [0.3, 0.4) is 0 Å². The number of aromatic nitrogens is 2. The van der Waals surface area contributed by atoms with Gasteiger partial charge < -0.3 is 10.7 Å². The van der Waals surface area contributed by atoms with Crippen molar-refractivity contribution < 1.29 is 0 Å². The average molecular weight is 297 g/mol. The Labute approximate surface area is 125 Å². The van der Waals surface area contributed by atoms with Crippen LogP contribution in [-0.4, -0.2) is 21.5 Å². The van der Waals surface area contributed by atoms with E-state index < -0.39 is 0 Å². The van der Waals surface area contributed by atoms with Crippen LogP contribution in [0.2, 0.25) is 0 Å². The molecule has 2 rings (SSSR count). The van der Waals surface area contributed by atoms with Crippen LogP contribution < -0.4 is 11.2 Å². The summed E-state index contributed by atoms with van der Waals surface area (Å²) in [6.45, 7) is 0. The molecular formula is C13H11N7S. The Morgan fingerprint density at radius 2 is 2.10 bits per heavy atom. The molecule has 1 heterocycles. The van der Waals surface area contributed by atoms with E-state index in [1.165, 1.54) is 0 Å². The summed E-state index contributed by atoms with van der Waals surface area (Å²) < 4.78 is 0.416. The third kappa shape index (κ3) is 3.71. The molecule has 0 aliphatic carbocycles. The van der Waals surface area contributed by atoms with Gasteiger partial charge in [0.05, 0.1) is 5.69 Å². The second-order valence-electron chi connectivity index (χ2n) is 3.96. The van der Waals surface area contributed by atoms with Crippen LogP contribution in [0.15, 0.2) is 41.6 Å². The van der Waals surface area contributed by atoms with Crippen LogP contribution in [0.4, 0.5) is 5.69 Å². The standard InChI is InChI=1S/C13H11N7S/c14-7-11(12(15)16)20-19-9-3-1-8(2-4-9)10-5-6-17-13(21)18-10/h1-6,19H,(H3,15,16)(H,17,18,21)/b20-11+. The summed E-state index contributed by atoms with van der Waals surface area (Å²) in [6.07, 6.45) is 1.64. The first kappa shape index (κ1) is 14.4. The van der Waals surface area contributed by atoms with E-state index in [2.05, 4.69) is 20.5 Å². The number of hydrazone groups is 1. The van der Waals surface area contributed by atoms with E-state index in [0.717, 1.165) is 11.3 Å². The maximum Gasteiger partial charge on any atom is 0.201 e. The number of nitrogens with zero attached hydrogens (tertiary/aromatic N) is 3. The molecule has 104 valence electrons. The van der Waals surface area contributed by atoms with Crippen LogP contribution in [0, 0.1) is 21.5 Å². The van der Waals surface area contributed by atoms with E-state index in [1.54, 1.807) is 24.4 Å². The molecule has 0 saturated carbocycles. The van der Waals surface area contributed by atoms with Crippen molar-refractivity contribution in [1.82, 2.24) is 9.97 Å². The first-order valence-electron chi connectivity index (χ1n) is 5.84. The van der Waals surface area contributed by atoms with Crippen LogP contribution in [0.25, 0.3) is 11.3 Å². The monoisotopic (exact) mass is 297 g/mol. The lowest BCUT2D eigenvalue weighted by atomic mass is 10.1. The van der Waals surface area contributed by atoms with Gasteiger partial charge in [-0.25, -0.2) is 4.98 Å². The number of aromatic amines is 1. The Morgan fingerprint density at radius 1 is 1.38 bits per heavy atom. The number of rotatable bonds is 4. The van der Waals surface area contributed by atoms with E-state index in [-0.39, 0.29) is 11.5 Å². The summed E-state index contributed by atoms with van der Waals surface area (Å²) in [6, 6.07) is 10.8. The molecule has 0 bridgehead atoms. The molecule has 5 N–H and O–H groups in total. The minimum Gasteiger partial charge on any atom is -0.382 e. The Bertz CT molecular complexity index is 783. The van der Waals surface area contributed by atoms with Gasteiger partial charge in [-0.2, -0.15) is 10.4 Å². The second-order valence-corrected chi connectivity index (χ2v) is 4.35. The first-order valence-corrected chi connectivity index (χ1v) is 6.25. The molecule has 0 atom stereocenters. The predicted octanol–water partition coefficient (Wildman–Crippen LogP) is 2.03. The highest BCUT2D eigenvalue weighted by Gasteiger charge is 2.01. The summed E-state index contributed by atoms with van der Waals surface area (Å²) in [5.74, 6) is -0.383. The van der Waals surface area contributed by atoms with Crippen molar-refractivity contribution >= 4 is 29.5 Å². The van der Waals surface area contributed by atoms with Gasteiger partial charge in [0.15, 0.2) is 10.6 Å². The molecule has 0 aliphatic heterocycles. The number of hydrogen-bond acceptors (Lipinski definition) is 6. The van der Waals surface area contributed by atoms with Gasteiger partial charge in [-0.3, -0.25) is 10.8 Å². The molecule has 0 amide bonds. The fourth-order valence-electron chi connectivity index (χ4n) is 1.53. The summed E-state index contributed by atoms with van der Waals surface area (Å²) in [5, 5.41) is 19.6. The number of hydrogen-bond donors (Lipinski definition) is 4. The summed E-state index contributed by atoms with van der Waals surface area (Å²) >= 11 is 4.97. The number of nitrogens with two attached hydrogens (primary N) is 1. The van der Waals surface area contributed by atoms with Crippen molar-refractivity contribution in [3.8, 4) is 17.3 Å². The lowest BCUT2D eigenvalue weighted by Gasteiger charge is -2.04. The minimum absolute atomic E-state index is 0.169. The van der Waals surface area contributed by atoms with E-state index in [1.807, 2.05) is 18.2 Å². The Kier molecular flexibility index (Phi) is 4.38. The number of nitrogens with one attached hydrogen (secondary N) is 3. The van der Waals surface area contributed by atoms with Gasteiger partial charge in [0, 0.05) is 11.9 Å². The first-order chi connectivity index (χ1) is 10.1. The van der Waals surface area contributed by atoms with Crippen LogP contribution in [0.5, 0.6) is 0 Å². The molecule has 8 heteroatoms. The molecule has 0 unspecified atom stereocenters. The lowest BCUT2D eigenvalue weighted by molar-refractivity contribution is 1.14. The molecule has 0 spiro atoms. The van der Waals surface area contributed by atoms with Crippen LogP contribution >= 0.6 is 12.2 Å². The highest BCUT2D eigenvalue weighted by molar-refractivity contribution is 7.71. The van der Waals surface area contributed by atoms with Gasteiger partial charge in [0.25, 0.3) is 0 Å². The number of anilines is 1. The molecular weight excluding hydrogens is 286 g/mol. The zero-order valence-electron chi connectivity index (χ0n) is 10.8. The highest BCUT2D eigenvalue weighted by Crippen LogP contribution is 2.18. The fraction of sp³-hybridized carbons (Fsp3) is 0. The molecule has 0 aliphatic rings. The molecule has 7 nitrogen and oxygen atoms in total. The van der Waals surface area contributed by atoms with Crippen molar-refractivity contribution in [2.45, 2.75) is 0 Å². The van der Waals surface area contributed by atoms with Gasteiger partial charge in [-0.1, -0.05) is 12.1 Å². The summed E-state index contributed by atoms with van der Waals surface area (Å²) in [5.41, 5.74) is 10.2. The number of nitriles is 1. The molecule has 0 fully saturated rings. The van der Waals surface area contributed by atoms with Gasteiger partial charge in [0.1, 0.15) is 6.07 Å². The number of H-pyrrole nitrogens is 1. The maximum atomic E-state index is 8.73. The Balaban J connectivity index is 2.18. The van der Waals surface area contributed by atoms with Gasteiger partial charge in [0.2, 0.25) is 5.71 Å². The van der Waals surface area contributed by atoms with Crippen molar-refractivity contribution in [3.63, 3.8) is 0 Å². The van der Waals surface area contributed by atoms with Gasteiger partial charge >= 0.3 is 0 Å². The zero-order valence-corrected chi connectivity index (χ0v) is 11.6. The Morgan fingerprint density at radius 3 is 2.67 bits per heavy atom. The quantitative estimate of drug-likeness (QED) is 0.297. The smallest absolute Gasteiger partial charge is 0.201 e. The average Bonchev–Trinajstić information content (AvgIpc) is 2.48. The zero-order chi connectivity index (χ0) is 15.2. The number of amidine groups is 1. The predicted molar refractivity (Wildman–Crippen MR) is 83.4 cm³/mol. The minimum atomic E-state index is -0.383. The maximum absolute atomic E-state index is 8.73. The third-order valence-corrected chi connectivity index (χ3v) is 2.74. The second kappa shape index (κ2) is 6.40. The third-order valence-electron chi connectivity index (χ3n) is 2.53. The van der Waals surface area contributed by atoms with Gasteiger partial charge in [-0.15, -0.1) is 0 Å². The molecule has 1 aromatic carbocycles. The van der Waals surface area contributed by atoms with E-state index in [4.69, 9.17) is 28.6 Å². The number of benzene rings is 1. The van der Waals surface area contributed by atoms with Crippen molar-refractivity contribution in [2.75, 3.05) is 5.43 Å². The van der Waals surface area contributed by atoms with Crippen molar-refractivity contribution in [2.24, 2.45) is 10.8 Å². The SMILES string of the molecule is N#C/C(=N\Nc1ccc(-c2ccnc(=S)[nH]2)cc1)C(=N)N. The molecule has 0 radical (unpaired) electrons. The molecule has 0 saturated heterocycles. The summed E-state index contributed by atoms with van der Waals surface area (Å²) in [7, 11) is 0. The molecule has 2 aromatic rings. The molecule has 1 aromatic heterocycles.